The molecule has 1 saturated heterocycles. The fourth-order valence-corrected chi connectivity index (χ4v) is 3.52. The van der Waals surface area contributed by atoms with Crippen LogP contribution in [0.1, 0.15) is 35.7 Å². The number of likely N-dealkylation sites (tertiary alicyclic amines) is 1. The van der Waals surface area contributed by atoms with Gasteiger partial charge in [-0.1, -0.05) is 6.07 Å². The Labute approximate surface area is 146 Å². The minimum Gasteiger partial charge on any atom is -0.342 e. The Kier molecular flexibility index (Phi) is 4.17. The molecular formula is C19H21N5O. The van der Waals surface area contributed by atoms with Crippen molar-refractivity contribution in [2.24, 2.45) is 0 Å². The molecule has 25 heavy (non-hydrogen) atoms. The van der Waals surface area contributed by atoms with E-state index in [1.165, 1.54) is 0 Å². The summed E-state index contributed by atoms with van der Waals surface area (Å²) in [6.45, 7) is 3.63. The first-order valence-corrected chi connectivity index (χ1v) is 8.68. The van der Waals surface area contributed by atoms with Gasteiger partial charge in [0.05, 0.1) is 12.6 Å². The first-order valence-electron chi connectivity index (χ1n) is 8.68. The predicted molar refractivity (Wildman–Crippen MR) is 94.2 cm³/mol. The van der Waals surface area contributed by atoms with E-state index in [9.17, 15) is 4.79 Å². The van der Waals surface area contributed by atoms with E-state index in [4.69, 9.17) is 4.98 Å². The summed E-state index contributed by atoms with van der Waals surface area (Å²) in [5.41, 5.74) is 4.08. The Morgan fingerprint density at radius 1 is 1.24 bits per heavy atom. The van der Waals surface area contributed by atoms with Crippen LogP contribution in [0.3, 0.4) is 0 Å². The third-order valence-corrected chi connectivity index (χ3v) is 4.90. The first kappa shape index (κ1) is 15.7. The van der Waals surface area contributed by atoms with Gasteiger partial charge in [-0.2, -0.15) is 5.10 Å². The molecule has 6 heteroatoms. The smallest absolute Gasteiger partial charge is 0.227 e. The highest BCUT2D eigenvalue weighted by Crippen LogP contribution is 2.28. The fraction of sp³-hybridized carbons (Fsp3) is 0.368. The number of carbonyl (C=O) groups excluding carboxylic acids is 1. The van der Waals surface area contributed by atoms with Gasteiger partial charge in [0.15, 0.2) is 5.65 Å². The zero-order chi connectivity index (χ0) is 17.2. The summed E-state index contributed by atoms with van der Waals surface area (Å²) in [6.07, 6.45) is 7.60. The number of nitrogens with zero attached hydrogens (tertiary/aromatic N) is 5. The van der Waals surface area contributed by atoms with Gasteiger partial charge in [-0.25, -0.2) is 9.50 Å². The number of hydrogen-bond acceptors (Lipinski definition) is 4. The number of aromatic nitrogens is 4. The van der Waals surface area contributed by atoms with Crippen molar-refractivity contribution in [2.45, 2.75) is 32.1 Å². The lowest BCUT2D eigenvalue weighted by Gasteiger charge is -2.32. The van der Waals surface area contributed by atoms with Gasteiger partial charge in [0.1, 0.15) is 0 Å². The normalized spacial score (nSPS) is 15.6. The molecule has 1 aliphatic heterocycles. The molecule has 3 aromatic rings. The second kappa shape index (κ2) is 6.63. The van der Waals surface area contributed by atoms with Gasteiger partial charge < -0.3 is 4.90 Å². The Balaban J connectivity index is 1.41. The summed E-state index contributed by atoms with van der Waals surface area (Å²) in [5.74, 6) is 0.586. The maximum atomic E-state index is 12.5. The van der Waals surface area contributed by atoms with E-state index in [0.29, 0.717) is 12.3 Å². The molecule has 128 valence electrons. The van der Waals surface area contributed by atoms with Crippen molar-refractivity contribution in [3.8, 4) is 0 Å². The molecule has 0 atom stereocenters. The molecule has 0 aliphatic carbocycles. The molecule has 1 amide bonds. The number of aryl methyl sites for hydroxylation is 1. The molecular weight excluding hydrogens is 314 g/mol. The van der Waals surface area contributed by atoms with Gasteiger partial charge in [-0.15, -0.1) is 0 Å². The molecule has 0 aromatic carbocycles. The SMILES string of the molecule is Cc1cc(C2CCN(C(=O)Cc3cccnc3)CC2)nc2ccnn12. The van der Waals surface area contributed by atoms with Crippen LogP contribution < -0.4 is 0 Å². The molecule has 0 spiro atoms. The van der Waals surface area contributed by atoms with E-state index < -0.39 is 0 Å². The van der Waals surface area contributed by atoms with Crippen LogP contribution in [0.25, 0.3) is 5.65 Å². The zero-order valence-electron chi connectivity index (χ0n) is 14.3. The van der Waals surface area contributed by atoms with Crippen LogP contribution in [0.2, 0.25) is 0 Å². The molecule has 4 rings (SSSR count). The third-order valence-electron chi connectivity index (χ3n) is 4.90. The van der Waals surface area contributed by atoms with E-state index in [0.717, 1.165) is 48.5 Å². The van der Waals surface area contributed by atoms with E-state index >= 15 is 0 Å². The Bertz CT molecular complexity index is 881. The summed E-state index contributed by atoms with van der Waals surface area (Å²) >= 11 is 0. The summed E-state index contributed by atoms with van der Waals surface area (Å²) in [5, 5.41) is 4.28. The highest BCUT2D eigenvalue weighted by molar-refractivity contribution is 5.78. The van der Waals surface area contributed by atoms with Crippen LogP contribution in [0.5, 0.6) is 0 Å². The van der Waals surface area contributed by atoms with Gasteiger partial charge in [0, 0.05) is 48.9 Å². The standard InChI is InChI=1S/C19H21N5O/c1-14-11-17(22-18-4-8-21-24(14)18)16-5-9-23(10-6-16)19(25)12-15-3-2-7-20-13-15/h2-4,7-8,11,13,16H,5-6,9-10,12H2,1H3. The van der Waals surface area contributed by atoms with Crippen molar-refractivity contribution >= 4 is 11.6 Å². The van der Waals surface area contributed by atoms with Gasteiger partial charge in [-0.3, -0.25) is 9.78 Å². The molecule has 0 N–H and O–H groups in total. The number of fused-ring (bicyclic) bond motifs is 1. The van der Waals surface area contributed by atoms with Gasteiger partial charge in [0.2, 0.25) is 5.91 Å². The lowest BCUT2D eigenvalue weighted by Crippen LogP contribution is -2.39. The third kappa shape index (κ3) is 3.24. The van der Waals surface area contributed by atoms with Crippen molar-refractivity contribution < 1.29 is 4.79 Å². The van der Waals surface area contributed by atoms with Crippen LogP contribution in [-0.4, -0.2) is 43.5 Å². The Hall–Kier alpha value is -2.76. The second-order valence-electron chi connectivity index (χ2n) is 6.62. The lowest BCUT2D eigenvalue weighted by molar-refractivity contribution is -0.131. The minimum atomic E-state index is 0.182. The van der Waals surface area contributed by atoms with E-state index in [1.54, 1.807) is 18.6 Å². The van der Waals surface area contributed by atoms with Crippen LogP contribution in [0.15, 0.2) is 42.9 Å². The highest BCUT2D eigenvalue weighted by Gasteiger charge is 2.25. The van der Waals surface area contributed by atoms with E-state index in [2.05, 4.69) is 23.1 Å². The average Bonchev–Trinajstić information content (AvgIpc) is 3.12. The fourth-order valence-electron chi connectivity index (χ4n) is 3.52. The van der Waals surface area contributed by atoms with Gasteiger partial charge in [0.25, 0.3) is 0 Å². The van der Waals surface area contributed by atoms with Crippen molar-refractivity contribution in [3.05, 3.63) is 59.8 Å². The number of piperidine rings is 1. The number of amides is 1. The molecule has 1 fully saturated rings. The van der Waals surface area contributed by atoms with Gasteiger partial charge >= 0.3 is 0 Å². The summed E-state index contributed by atoms with van der Waals surface area (Å²) in [6, 6.07) is 7.88. The monoisotopic (exact) mass is 335 g/mol. The first-order chi connectivity index (χ1) is 12.2. The molecule has 3 aromatic heterocycles. The summed E-state index contributed by atoms with van der Waals surface area (Å²) in [4.78, 5) is 23.3. The molecule has 0 unspecified atom stereocenters. The quantitative estimate of drug-likeness (QED) is 0.737. The van der Waals surface area contributed by atoms with Crippen LogP contribution in [0, 0.1) is 6.92 Å². The van der Waals surface area contributed by atoms with Crippen LogP contribution >= 0.6 is 0 Å². The largest absolute Gasteiger partial charge is 0.342 e. The van der Waals surface area contributed by atoms with Gasteiger partial charge in [-0.05, 0) is 37.5 Å². The van der Waals surface area contributed by atoms with Crippen molar-refractivity contribution in [3.63, 3.8) is 0 Å². The molecule has 6 nitrogen and oxygen atoms in total. The molecule has 0 bridgehead atoms. The molecule has 0 saturated carbocycles. The van der Waals surface area contributed by atoms with E-state index in [1.807, 2.05) is 27.6 Å². The number of carbonyl (C=O) groups is 1. The van der Waals surface area contributed by atoms with E-state index in [-0.39, 0.29) is 5.91 Å². The number of rotatable bonds is 3. The summed E-state index contributed by atoms with van der Waals surface area (Å²) < 4.78 is 1.86. The molecule has 0 radical (unpaired) electrons. The Morgan fingerprint density at radius 3 is 2.84 bits per heavy atom. The predicted octanol–water partition coefficient (Wildman–Crippen LogP) is 2.38. The maximum Gasteiger partial charge on any atom is 0.227 e. The van der Waals surface area contributed by atoms with Crippen molar-refractivity contribution in [2.75, 3.05) is 13.1 Å². The molecule has 1 aliphatic rings. The van der Waals surface area contributed by atoms with Crippen LogP contribution in [0.4, 0.5) is 0 Å². The number of hydrogen-bond donors (Lipinski definition) is 0. The lowest BCUT2D eigenvalue weighted by atomic mass is 9.92. The number of pyridine rings is 1. The maximum absolute atomic E-state index is 12.5. The second-order valence-corrected chi connectivity index (χ2v) is 6.62. The summed E-state index contributed by atoms with van der Waals surface area (Å²) in [7, 11) is 0. The highest BCUT2D eigenvalue weighted by atomic mass is 16.2. The zero-order valence-corrected chi connectivity index (χ0v) is 14.3. The van der Waals surface area contributed by atoms with Crippen molar-refractivity contribution in [1.29, 1.82) is 0 Å². The van der Waals surface area contributed by atoms with Crippen LogP contribution in [-0.2, 0) is 11.2 Å². The topological polar surface area (TPSA) is 63.4 Å². The average molecular weight is 335 g/mol. The molecule has 4 heterocycles. The minimum absolute atomic E-state index is 0.182. The Morgan fingerprint density at radius 2 is 2.08 bits per heavy atom. The van der Waals surface area contributed by atoms with Crippen molar-refractivity contribution in [1.82, 2.24) is 24.5 Å².